The predicted octanol–water partition coefficient (Wildman–Crippen LogP) is 1.34. The van der Waals surface area contributed by atoms with Crippen LogP contribution in [0.5, 0.6) is 11.6 Å². The van der Waals surface area contributed by atoms with Crippen LogP contribution < -0.4 is 19.5 Å². The highest BCUT2D eigenvalue weighted by Crippen LogP contribution is 2.25. The first-order chi connectivity index (χ1) is 13.9. The normalized spacial score (nSPS) is 11.1. The summed E-state index contributed by atoms with van der Waals surface area (Å²) >= 11 is 0. The summed E-state index contributed by atoms with van der Waals surface area (Å²) in [4.78, 5) is 16.6. The van der Waals surface area contributed by atoms with Crippen LogP contribution in [0, 0.1) is 0 Å². The fourth-order valence-corrected chi connectivity index (χ4v) is 3.69. The van der Waals surface area contributed by atoms with Crippen LogP contribution >= 0.6 is 0 Å². The van der Waals surface area contributed by atoms with Crippen LogP contribution in [0.1, 0.15) is 22.8 Å². The van der Waals surface area contributed by atoms with Crippen LogP contribution in [0.2, 0.25) is 0 Å². The molecule has 0 saturated carbocycles. The molecule has 0 aliphatic heterocycles. The van der Waals surface area contributed by atoms with Crippen molar-refractivity contribution < 1.29 is 27.4 Å². The number of amides is 1. The molecule has 0 atom stereocenters. The summed E-state index contributed by atoms with van der Waals surface area (Å²) in [5, 5.41) is 2.75. The molecule has 0 bridgehead atoms. The van der Waals surface area contributed by atoms with Gasteiger partial charge in [-0.2, -0.15) is 0 Å². The van der Waals surface area contributed by atoms with E-state index in [9.17, 15) is 13.2 Å². The fourth-order valence-electron chi connectivity index (χ4n) is 2.49. The van der Waals surface area contributed by atoms with Gasteiger partial charge < -0.3 is 19.5 Å². The largest absolute Gasteiger partial charge is 0.495 e. The number of methoxy groups -OCH3 is 2. The monoisotopic (exact) mass is 423 g/mol. The minimum Gasteiger partial charge on any atom is -0.495 e. The van der Waals surface area contributed by atoms with Crippen molar-refractivity contribution in [2.75, 3.05) is 34.0 Å². The summed E-state index contributed by atoms with van der Waals surface area (Å²) in [5.41, 5.74) is 0.894. The maximum absolute atomic E-state index is 12.6. The minimum atomic E-state index is -3.88. The highest BCUT2D eigenvalue weighted by Gasteiger charge is 2.21. The topological polar surface area (TPSA) is 116 Å². The quantitative estimate of drug-likeness (QED) is 0.524. The van der Waals surface area contributed by atoms with Gasteiger partial charge in [-0.3, -0.25) is 4.79 Å². The molecular formula is C19H25N3O6S. The van der Waals surface area contributed by atoms with Crippen LogP contribution in [0.25, 0.3) is 0 Å². The van der Waals surface area contributed by atoms with Gasteiger partial charge >= 0.3 is 0 Å². The van der Waals surface area contributed by atoms with Crippen LogP contribution in [0.3, 0.4) is 0 Å². The third-order valence-electron chi connectivity index (χ3n) is 3.88. The number of ether oxygens (including phenoxy) is 3. The van der Waals surface area contributed by atoms with E-state index in [1.807, 2.05) is 6.92 Å². The zero-order valence-corrected chi connectivity index (χ0v) is 17.4. The average molecular weight is 423 g/mol. The molecule has 2 N–H and O–H groups in total. The molecule has 158 valence electrons. The van der Waals surface area contributed by atoms with Gasteiger partial charge in [0.15, 0.2) is 0 Å². The Morgan fingerprint density at radius 2 is 2.00 bits per heavy atom. The van der Waals surface area contributed by atoms with Gasteiger partial charge in [-0.05, 0) is 31.2 Å². The fraction of sp³-hybridized carbons (Fsp3) is 0.368. The number of benzene rings is 1. The van der Waals surface area contributed by atoms with Gasteiger partial charge in [-0.25, -0.2) is 18.1 Å². The molecule has 2 rings (SSSR count). The summed E-state index contributed by atoms with van der Waals surface area (Å²) < 4.78 is 42.9. The first kappa shape index (κ1) is 22.6. The summed E-state index contributed by atoms with van der Waals surface area (Å²) in [6.07, 6.45) is 1.60. The lowest BCUT2D eigenvalue weighted by Crippen LogP contribution is -2.28. The van der Waals surface area contributed by atoms with E-state index in [2.05, 4.69) is 15.0 Å². The molecule has 0 unspecified atom stereocenters. The highest BCUT2D eigenvalue weighted by molar-refractivity contribution is 7.89. The smallest absolute Gasteiger partial charge is 0.251 e. The van der Waals surface area contributed by atoms with Crippen LogP contribution in [0.4, 0.5) is 0 Å². The van der Waals surface area contributed by atoms with Gasteiger partial charge in [-0.1, -0.05) is 6.07 Å². The van der Waals surface area contributed by atoms with E-state index in [-0.39, 0.29) is 35.9 Å². The van der Waals surface area contributed by atoms with Crippen molar-refractivity contribution in [2.45, 2.75) is 18.4 Å². The molecule has 10 heteroatoms. The molecule has 1 amide bonds. The van der Waals surface area contributed by atoms with Crippen molar-refractivity contribution in [1.82, 2.24) is 15.0 Å². The number of nitrogens with zero attached hydrogens (tertiary/aromatic N) is 1. The summed E-state index contributed by atoms with van der Waals surface area (Å²) in [5.74, 6) is 0.139. The van der Waals surface area contributed by atoms with Crippen LogP contribution in [-0.2, 0) is 21.3 Å². The van der Waals surface area contributed by atoms with E-state index in [1.165, 1.54) is 32.4 Å². The second kappa shape index (κ2) is 10.7. The molecular weight excluding hydrogens is 398 g/mol. The molecule has 0 radical (unpaired) electrons. The van der Waals surface area contributed by atoms with Gasteiger partial charge in [0.05, 0.1) is 20.3 Å². The lowest BCUT2D eigenvalue weighted by atomic mass is 10.2. The number of sulfonamides is 1. The van der Waals surface area contributed by atoms with E-state index in [0.29, 0.717) is 18.1 Å². The van der Waals surface area contributed by atoms with Gasteiger partial charge in [0.25, 0.3) is 5.91 Å². The number of pyridine rings is 1. The maximum Gasteiger partial charge on any atom is 0.251 e. The first-order valence-corrected chi connectivity index (χ1v) is 10.4. The summed E-state index contributed by atoms with van der Waals surface area (Å²) in [6, 6.07) is 7.75. The van der Waals surface area contributed by atoms with Gasteiger partial charge in [-0.15, -0.1) is 0 Å². The Hall–Kier alpha value is -2.69. The number of carbonyl (C=O) groups is 1. The second-order valence-electron chi connectivity index (χ2n) is 5.84. The molecule has 1 heterocycles. The summed E-state index contributed by atoms with van der Waals surface area (Å²) in [6.45, 7) is 2.79. The molecule has 0 aliphatic carbocycles. The molecule has 0 aliphatic rings. The number of nitrogens with one attached hydrogen (secondary N) is 2. The Kier molecular flexibility index (Phi) is 8.37. The lowest BCUT2D eigenvalue weighted by molar-refractivity contribution is 0.0950. The lowest BCUT2D eigenvalue weighted by Gasteiger charge is -2.13. The van der Waals surface area contributed by atoms with Gasteiger partial charge in [0.2, 0.25) is 15.9 Å². The van der Waals surface area contributed by atoms with Crippen LogP contribution in [-0.4, -0.2) is 53.3 Å². The predicted molar refractivity (Wildman–Crippen MR) is 107 cm³/mol. The Balaban J connectivity index is 2.19. The Morgan fingerprint density at radius 3 is 2.69 bits per heavy atom. The van der Waals surface area contributed by atoms with Gasteiger partial charge in [0, 0.05) is 37.5 Å². The van der Waals surface area contributed by atoms with Crippen molar-refractivity contribution in [3.8, 4) is 11.6 Å². The second-order valence-corrected chi connectivity index (χ2v) is 7.57. The molecule has 9 nitrogen and oxygen atoms in total. The van der Waals surface area contributed by atoms with E-state index in [1.54, 1.807) is 18.3 Å². The molecule has 1 aromatic heterocycles. The standard InChI is InChI=1S/C19H25N3O6S/c1-4-28-19-15(6-5-9-20-19)13-21-18(23)14-7-8-16(27-3)17(12-14)29(24,25)22-10-11-26-2/h5-9,12,22H,4,10-11,13H2,1-3H3,(H,21,23). The minimum absolute atomic E-state index is 0.0968. The average Bonchev–Trinajstić information content (AvgIpc) is 2.72. The molecule has 0 fully saturated rings. The maximum atomic E-state index is 12.6. The number of hydrogen-bond acceptors (Lipinski definition) is 7. The van der Waals surface area contributed by atoms with E-state index in [4.69, 9.17) is 14.2 Å². The Bertz CT molecular complexity index is 933. The van der Waals surface area contributed by atoms with Crippen molar-refractivity contribution in [2.24, 2.45) is 0 Å². The van der Waals surface area contributed by atoms with Crippen LogP contribution in [0.15, 0.2) is 41.4 Å². The molecule has 1 aromatic carbocycles. The third kappa shape index (κ3) is 6.14. The van der Waals surface area contributed by atoms with E-state index < -0.39 is 15.9 Å². The number of aromatic nitrogens is 1. The molecule has 2 aromatic rings. The van der Waals surface area contributed by atoms with Crippen molar-refractivity contribution in [3.05, 3.63) is 47.7 Å². The highest BCUT2D eigenvalue weighted by atomic mass is 32.2. The van der Waals surface area contributed by atoms with Crippen molar-refractivity contribution >= 4 is 15.9 Å². The van der Waals surface area contributed by atoms with E-state index in [0.717, 1.165) is 0 Å². The van der Waals surface area contributed by atoms with E-state index >= 15 is 0 Å². The first-order valence-electron chi connectivity index (χ1n) is 8.94. The van der Waals surface area contributed by atoms with Crippen molar-refractivity contribution in [3.63, 3.8) is 0 Å². The zero-order chi connectivity index (χ0) is 21.3. The molecule has 0 saturated heterocycles. The molecule has 29 heavy (non-hydrogen) atoms. The molecule has 0 spiro atoms. The van der Waals surface area contributed by atoms with Gasteiger partial charge in [0.1, 0.15) is 10.6 Å². The Morgan fingerprint density at radius 1 is 1.21 bits per heavy atom. The third-order valence-corrected chi connectivity index (χ3v) is 5.37. The summed E-state index contributed by atoms with van der Waals surface area (Å²) in [7, 11) is -1.04. The van der Waals surface area contributed by atoms with Crippen molar-refractivity contribution in [1.29, 1.82) is 0 Å². The number of rotatable bonds is 11. The zero-order valence-electron chi connectivity index (χ0n) is 16.6. The SMILES string of the molecule is CCOc1ncccc1CNC(=O)c1ccc(OC)c(S(=O)(=O)NCCOC)c1. The number of hydrogen-bond donors (Lipinski definition) is 2. The Labute approximate surface area is 170 Å². The number of carbonyl (C=O) groups excluding carboxylic acids is 1.